The van der Waals surface area contributed by atoms with Crippen molar-refractivity contribution >= 4 is 45.1 Å². The van der Waals surface area contributed by atoms with E-state index in [4.69, 9.17) is 23.2 Å². The maximum absolute atomic E-state index is 10.5. The molecule has 0 saturated heterocycles. The van der Waals surface area contributed by atoms with Gasteiger partial charge in [0.25, 0.3) is 4.73 Å². The van der Waals surface area contributed by atoms with Gasteiger partial charge in [0.2, 0.25) is 0 Å². The number of rotatable bonds is 3. The van der Waals surface area contributed by atoms with Crippen molar-refractivity contribution in [2.75, 3.05) is 0 Å². The van der Waals surface area contributed by atoms with Gasteiger partial charge in [-0.05, 0) is 27.6 Å². The summed E-state index contributed by atoms with van der Waals surface area (Å²) in [6.45, 7) is 0.261. The molecular weight excluding hydrogens is 347 g/mol. The summed E-state index contributed by atoms with van der Waals surface area (Å²) in [4.78, 5) is 13.5. The Kier molecular flexibility index (Phi) is 3.84. The molecule has 18 heavy (non-hydrogen) atoms. The molecule has 0 aliphatic heterocycles. The van der Waals surface area contributed by atoms with Gasteiger partial charge in [0.05, 0.1) is 6.54 Å². The van der Waals surface area contributed by atoms with E-state index in [1.807, 2.05) is 0 Å². The van der Waals surface area contributed by atoms with Gasteiger partial charge in [0.1, 0.15) is 0 Å². The van der Waals surface area contributed by atoms with E-state index < -0.39 is 10.9 Å². The molecule has 6 nitrogen and oxygen atoms in total. The van der Waals surface area contributed by atoms with E-state index in [9.17, 15) is 10.1 Å². The summed E-state index contributed by atoms with van der Waals surface area (Å²) in [6.07, 6.45) is 0. The van der Waals surface area contributed by atoms with Gasteiger partial charge in [-0.3, -0.25) is 0 Å². The molecule has 1 aromatic carbocycles. The highest BCUT2D eigenvalue weighted by molar-refractivity contribution is 9.10. The number of aromatic nitrogens is 3. The molecule has 2 rings (SSSR count). The SMILES string of the molecule is O=[N+]([O-])c1nc(Br)n(Cc2ccc(Cl)cc2Cl)n1. The Labute approximate surface area is 120 Å². The van der Waals surface area contributed by atoms with Crippen LogP contribution in [0.3, 0.4) is 0 Å². The average molecular weight is 352 g/mol. The maximum Gasteiger partial charge on any atom is 0.492 e. The van der Waals surface area contributed by atoms with E-state index in [1.165, 1.54) is 4.68 Å². The molecule has 0 aliphatic rings. The van der Waals surface area contributed by atoms with Gasteiger partial charge in [0.15, 0.2) is 0 Å². The third-order valence-corrected chi connectivity index (χ3v) is 3.29. The number of nitrogens with zero attached hydrogens (tertiary/aromatic N) is 4. The van der Waals surface area contributed by atoms with Gasteiger partial charge < -0.3 is 10.1 Å². The molecule has 0 radical (unpaired) electrons. The van der Waals surface area contributed by atoms with E-state index >= 15 is 0 Å². The lowest BCUT2D eigenvalue weighted by molar-refractivity contribution is -0.394. The van der Waals surface area contributed by atoms with Crippen molar-refractivity contribution < 1.29 is 4.92 Å². The Morgan fingerprint density at radius 3 is 2.72 bits per heavy atom. The highest BCUT2D eigenvalue weighted by Crippen LogP contribution is 2.23. The molecule has 0 bridgehead atoms. The fourth-order valence-electron chi connectivity index (χ4n) is 1.30. The second-order valence-corrected chi connectivity index (χ2v) is 4.88. The number of hydrogen-bond donors (Lipinski definition) is 0. The number of nitro groups is 1. The van der Waals surface area contributed by atoms with Crippen molar-refractivity contribution in [2.24, 2.45) is 0 Å². The van der Waals surface area contributed by atoms with Crippen LogP contribution in [0.5, 0.6) is 0 Å². The topological polar surface area (TPSA) is 73.8 Å². The molecule has 0 atom stereocenters. The van der Waals surface area contributed by atoms with Crippen LogP contribution in [-0.4, -0.2) is 19.7 Å². The molecule has 0 unspecified atom stereocenters. The minimum Gasteiger partial charge on any atom is -0.390 e. The van der Waals surface area contributed by atoms with Crippen LogP contribution in [0.1, 0.15) is 5.56 Å². The van der Waals surface area contributed by atoms with Crippen molar-refractivity contribution in [3.8, 4) is 0 Å². The summed E-state index contributed by atoms with van der Waals surface area (Å²) < 4.78 is 1.60. The van der Waals surface area contributed by atoms with Crippen molar-refractivity contribution in [3.63, 3.8) is 0 Å². The molecule has 0 saturated carbocycles. The second kappa shape index (κ2) is 5.21. The number of benzene rings is 1. The monoisotopic (exact) mass is 350 g/mol. The summed E-state index contributed by atoms with van der Waals surface area (Å²) in [6, 6.07) is 5.00. The Balaban J connectivity index is 2.31. The van der Waals surface area contributed by atoms with E-state index in [1.54, 1.807) is 18.2 Å². The normalized spacial score (nSPS) is 10.6. The van der Waals surface area contributed by atoms with Crippen LogP contribution in [0, 0.1) is 10.1 Å². The Morgan fingerprint density at radius 1 is 1.44 bits per heavy atom. The third kappa shape index (κ3) is 2.80. The van der Waals surface area contributed by atoms with Gasteiger partial charge in [-0.15, -0.1) is 0 Å². The third-order valence-electron chi connectivity index (χ3n) is 2.11. The zero-order valence-corrected chi connectivity index (χ0v) is 11.8. The van der Waals surface area contributed by atoms with Crippen LogP contribution in [0.4, 0.5) is 5.95 Å². The van der Waals surface area contributed by atoms with Crippen LogP contribution >= 0.6 is 39.1 Å². The van der Waals surface area contributed by atoms with Gasteiger partial charge in [0, 0.05) is 31.1 Å². The van der Waals surface area contributed by atoms with Gasteiger partial charge >= 0.3 is 5.95 Å². The van der Waals surface area contributed by atoms with Crippen LogP contribution in [0.25, 0.3) is 0 Å². The summed E-state index contributed by atoms with van der Waals surface area (Å²) >= 11 is 14.9. The predicted octanol–water partition coefficient (Wildman–Crippen LogP) is 3.30. The number of hydrogen-bond acceptors (Lipinski definition) is 4. The van der Waals surface area contributed by atoms with E-state index in [2.05, 4.69) is 26.0 Å². The molecule has 0 aliphatic carbocycles. The molecule has 0 spiro atoms. The molecule has 9 heteroatoms. The zero-order valence-electron chi connectivity index (χ0n) is 8.68. The highest BCUT2D eigenvalue weighted by atomic mass is 79.9. The molecule has 0 N–H and O–H groups in total. The highest BCUT2D eigenvalue weighted by Gasteiger charge is 2.20. The molecule has 2 aromatic rings. The minimum atomic E-state index is -0.662. The number of halogens is 3. The summed E-state index contributed by atoms with van der Waals surface area (Å²) in [5, 5.41) is 15.3. The van der Waals surface area contributed by atoms with Crippen LogP contribution in [0.15, 0.2) is 22.9 Å². The largest absolute Gasteiger partial charge is 0.492 e. The maximum atomic E-state index is 10.5. The van der Waals surface area contributed by atoms with Gasteiger partial charge in [-0.25, -0.2) is 0 Å². The molecule has 1 heterocycles. The van der Waals surface area contributed by atoms with E-state index in [0.717, 1.165) is 5.56 Å². The predicted molar refractivity (Wildman–Crippen MR) is 69.9 cm³/mol. The standard InChI is InChI=1S/C9H5BrCl2N4O2/c10-8-13-9(16(17)18)14-15(8)4-5-1-2-6(11)3-7(5)12/h1-3H,4H2. The Morgan fingerprint density at radius 2 is 2.17 bits per heavy atom. The zero-order chi connectivity index (χ0) is 13.3. The molecule has 0 amide bonds. The van der Waals surface area contributed by atoms with Crippen molar-refractivity contribution in [1.29, 1.82) is 0 Å². The second-order valence-electron chi connectivity index (χ2n) is 3.33. The first-order valence-electron chi connectivity index (χ1n) is 4.66. The van der Waals surface area contributed by atoms with Crippen LogP contribution < -0.4 is 0 Å². The van der Waals surface area contributed by atoms with Gasteiger partial charge in [-0.1, -0.05) is 29.3 Å². The van der Waals surface area contributed by atoms with Crippen molar-refractivity contribution in [2.45, 2.75) is 6.54 Å². The van der Waals surface area contributed by atoms with E-state index in [0.29, 0.717) is 10.0 Å². The van der Waals surface area contributed by atoms with Crippen LogP contribution in [-0.2, 0) is 6.54 Å². The van der Waals surface area contributed by atoms with Gasteiger partial charge in [-0.2, -0.15) is 4.68 Å². The fourth-order valence-corrected chi connectivity index (χ4v) is 2.13. The van der Waals surface area contributed by atoms with Crippen molar-refractivity contribution in [3.05, 3.63) is 48.7 Å². The first-order chi connectivity index (χ1) is 8.47. The molecule has 0 fully saturated rings. The average Bonchev–Trinajstić information content (AvgIpc) is 2.64. The molecular formula is C9H5BrCl2N4O2. The van der Waals surface area contributed by atoms with Crippen LogP contribution in [0.2, 0.25) is 10.0 Å². The molecule has 94 valence electrons. The quantitative estimate of drug-likeness (QED) is 0.628. The first kappa shape index (κ1) is 13.3. The lowest BCUT2D eigenvalue weighted by Gasteiger charge is -2.02. The van der Waals surface area contributed by atoms with E-state index in [-0.39, 0.29) is 11.3 Å². The summed E-state index contributed by atoms with van der Waals surface area (Å²) in [7, 11) is 0. The Bertz CT molecular complexity index is 617. The smallest absolute Gasteiger partial charge is 0.390 e. The lowest BCUT2D eigenvalue weighted by Crippen LogP contribution is -2.03. The summed E-state index contributed by atoms with van der Waals surface area (Å²) in [5.41, 5.74) is 0.738. The fraction of sp³-hybridized carbons (Fsp3) is 0.111. The van der Waals surface area contributed by atoms with Crippen molar-refractivity contribution in [1.82, 2.24) is 14.8 Å². The first-order valence-corrected chi connectivity index (χ1v) is 6.21. The minimum absolute atomic E-state index is 0.261. The lowest BCUT2D eigenvalue weighted by atomic mass is 10.2. The summed E-state index contributed by atoms with van der Waals surface area (Å²) in [5.74, 6) is -0.466. The Hall–Kier alpha value is -1.18. The molecule has 1 aromatic heterocycles.